The highest BCUT2D eigenvalue weighted by atomic mass is 35.5. The highest BCUT2D eigenvalue weighted by Crippen LogP contribution is 2.38. The van der Waals surface area contributed by atoms with Crippen LogP contribution in [0.4, 0.5) is 0 Å². The number of hydrogen-bond donors (Lipinski definition) is 1. The van der Waals surface area contributed by atoms with Gasteiger partial charge in [-0.2, -0.15) is 4.37 Å². The molecule has 0 aliphatic carbocycles. The summed E-state index contributed by atoms with van der Waals surface area (Å²) in [5, 5.41) is 0.218. The molecule has 0 radical (unpaired) electrons. The molecule has 2 aromatic rings. The number of halogens is 1. The molecule has 0 saturated carbocycles. The Bertz CT molecular complexity index is 414. The first-order valence-electron chi connectivity index (χ1n) is 4.18. The van der Waals surface area contributed by atoms with Gasteiger partial charge in [0.25, 0.3) is 0 Å². The van der Waals surface area contributed by atoms with Gasteiger partial charge >= 0.3 is 0 Å². The Balaban J connectivity index is 2.11. The van der Waals surface area contributed by atoms with Crippen molar-refractivity contribution in [2.75, 3.05) is 6.54 Å². The second-order valence-corrected chi connectivity index (χ2v) is 6.67. The van der Waals surface area contributed by atoms with Crippen molar-refractivity contribution in [2.45, 2.75) is 9.59 Å². The number of thiophene rings is 1. The maximum atomic E-state index is 5.89. The number of nitrogens with zero attached hydrogens (tertiary/aromatic N) is 2. The third-order valence-corrected chi connectivity index (χ3v) is 5.22. The van der Waals surface area contributed by atoms with Crippen LogP contribution in [-0.2, 0) is 0 Å². The number of rotatable bonds is 4. The van der Waals surface area contributed by atoms with E-state index in [2.05, 4.69) is 9.36 Å². The van der Waals surface area contributed by atoms with Gasteiger partial charge in [-0.15, -0.1) is 11.3 Å². The van der Waals surface area contributed by atoms with Crippen LogP contribution >= 0.6 is 46.2 Å². The van der Waals surface area contributed by atoms with Crippen LogP contribution in [-0.4, -0.2) is 15.9 Å². The number of nitrogens with two attached hydrogens (primary N) is 1. The van der Waals surface area contributed by atoms with E-state index in [-0.39, 0.29) is 5.25 Å². The quantitative estimate of drug-likeness (QED) is 0.873. The molecule has 0 spiro atoms. The molecular weight excluding hydrogens is 270 g/mol. The summed E-state index contributed by atoms with van der Waals surface area (Å²) in [5.41, 5.74) is 5.73. The lowest BCUT2D eigenvalue weighted by Gasteiger charge is -2.09. The maximum absolute atomic E-state index is 5.89. The van der Waals surface area contributed by atoms with Crippen LogP contribution in [0.3, 0.4) is 0 Å². The maximum Gasteiger partial charge on any atom is 0.170 e. The fourth-order valence-electron chi connectivity index (χ4n) is 1.06. The third kappa shape index (κ3) is 2.92. The fourth-order valence-corrected chi connectivity index (χ4v) is 3.97. The van der Waals surface area contributed by atoms with Crippen molar-refractivity contribution in [2.24, 2.45) is 5.73 Å². The molecule has 0 fully saturated rings. The van der Waals surface area contributed by atoms with Crippen molar-refractivity contribution in [3.63, 3.8) is 0 Å². The number of thioether (sulfide) groups is 1. The van der Waals surface area contributed by atoms with Crippen LogP contribution in [0.15, 0.2) is 22.8 Å². The van der Waals surface area contributed by atoms with E-state index in [1.54, 1.807) is 29.4 Å². The Kier molecular flexibility index (Phi) is 3.99. The van der Waals surface area contributed by atoms with Gasteiger partial charge in [-0.3, -0.25) is 0 Å². The zero-order chi connectivity index (χ0) is 10.7. The average molecular weight is 278 g/mol. The molecule has 0 amide bonds. The Labute approximate surface area is 105 Å². The van der Waals surface area contributed by atoms with Crippen molar-refractivity contribution in [3.8, 4) is 0 Å². The van der Waals surface area contributed by atoms with E-state index in [0.29, 0.717) is 6.54 Å². The van der Waals surface area contributed by atoms with Gasteiger partial charge in [0.2, 0.25) is 0 Å². The van der Waals surface area contributed by atoms with Crippen molar-refractivity contribution < 1.29 is 0 Å². The Morgan fingerprint density at radius 1 is 1.53 bits per heavy atom. The van der Waals surface area contributed by atoms with E-state index in [9.17, 15) is 0 Å². The second-order valence-electron chi connectivity index (χ2n) is 2.69. The third-order valence-electron chi connectivity index (χ3n) is 1.71. The average Bonchev–Trinajstić information content (AvgIpc) is 2.85. The minimum absolute atomic E-state index is 0.218. The van der Waals surface area contributed by atoms with Gasteiger partial charge in [-0.1, -0.05) is 23.4 Å². The number of aromatic nitrogens is 2. The minimum atomic E-state index is 0.218. The molecule has 0 aliphatic heterocycles. The fraction of sp³-hybridized carbons (Fsp3) is 0.250. The zero-order valence-corrected chi connectivity index (χ0v) is 10.8. The van der Waals surface area contributed by atoms with E-state index in [4.69, 9.17) is 17.3 Å². The zero-order valence-electron chi connectivity index (χ0n) is 7.59. The minimum Gasteiger partial charge on any atom is -0.329 e. The highest BCUT2D eigenvalue weighted by molar-refractivity contribution is 8.01. The molecule has 2 aromatic heterocycles. The Morgan fingerprint density at radius 2 is 2.40 bits per heavy atom. The summed E-state index contributed by atoms with van der Waals surface area (Å²) in [7, 11) is 0. The monoisotopic (exact) mass is 277 g/mol. The molecule has 15 heavy (non-hydrogen) atoms. The number of hydrogen-bond acceptors (Lipinski definition) is 6. The molecule has 0 bridgehead atoms. The van der Waals surface area contributed by atoms with E-state index < -0.39 is 0 Å². The predicted octanol–water partition coefficient (Wildman–Crippen LogP) is 3.05. The molecule has 2 N–H and O–H groups in total. The summed E-state index contributed by atoms with van der Waals surface area (Å²) in [6.07, 6.45) is 1.56. The standard InChI is InChI=1S/C8H8ClN3S3/c9-7-2-1-5(13-7)6(3-10)14-8-11-4-12-15-8/h1-2,4,6H,3,10H2. The van der Waals surface area contributed by atoms with Crippen LogP contribution in [0.1, 0.15) is 10.1 Å². The van der Waals surface area contributed by atoms with Gasteiger partial charge < -0.3 is 5.73 Å². The van der Waals surface area contributed by atoms with Gasteiger partial charge in [-0.05, 0) is 23.7 Å². The first-order valence-corrected chi connectivity index (χ1v) is 7.03. The van der Waals surface area contributed by atoms with Crippen LogP contribution in [0.2, 0.25) is 4.34 Å². The predicted molar refractivity (Wildman–Crippen MR) is 66.9 cm³/mol. The largest absolute Gasteiger partial charge is 0.329 e. The lowest BCUT2D eigenvalue weighted by atomic mass is 10.3. The SMILES string of the molecule is NCC(Sc1ncns1)c1ccc(Cl)s1. The van der Waals surface area contributed by atoms with Gasteiger partial charge in [-0.25, -0.2) is 4.98 Å². The van der Waals surface area contributed by atoms with Crippen molar-refractivity contribution in [3.05, 3.63) is 27.7 Å². The lowest BCUT2D eigenvalue weighted by Crippen LogP contribution is -2.07. The Hall–Kier alpha value is -0.140. The molecule has 3 nitrogen and oxygen atoms in total. The van der Waals surface area contributed by atoms with Crippen molar-refractivity contribution in [1.82, 2.24) is 9.36 Å². The van der Waals surface area contributed by atoms with E-state index in [1.807, 2.05) is 12.1 Å². The van der Waals surface area contributed by atoms with Gasteiger partial charge in [0, 0.05) is 11.4 Å². The molecule has 0 aromatic carbocycles. The molecule has 7 heteroatoms. The summed E-state index contributed by atoms with van der Waals surface area (Å²) in [4.78, 5) is 5.31. The first kappa shape index (κ1) is 11.3. The van der Waals surface area contributed by atoms with Crippen molar-refractivity contribution in [1.29, 1.82) is 0 Å². The smallest absolute Gasteiger partial charge is 0.170 e. The lowest BCUT2D eigenvalue weighted by molar-refractivity contribution is 0.958. The summed E-state index contributed by atoms with van der Waals surface area (Å²) < 4.78 is 5.69. The molecule has 1 unspecified atom stereocenters. The highest BCUT2D eigenvalue weighted by Gasteiger charge is 2.15. The molecule has 80 valence electrons. The topological polar surface area (TPSA) is 51.8 Å². The van der Waals surface area contributed by atoms with Crippen LogP contribution in [0, 0.1) is 0 Å². The molecule has 2 rings (SSSR count). The van der Waals surface area contributed by atoms with Gasteiger partial charge in [0.05, 0.1) is 9.59 Å². The molecular formula is C8H8ClN3S3. The van der Waals surface area contributed by atoms with Crippen LogP contribution in [0.5, 0.6) is 0 Å². The van der Waals surface area contributed by atoms with Crippen LogP contribution < -0.4 is 5.73 Å². The first-order chi connectivity index (χ1) is 7.29. The van der Waals surface area contributed by atoms with Crippen molar-refractivity contribution >= 4 is 46.2 Å². The molecule has 1 atom stereocenters. The summed E-state index contributed by atoms with van der Waals surface area (Å²) in [6, 6.07) is 3.91. The van der Waals surface area contributed by atoms with Crippen LogP contribution in [0.25, 0.3) is 0 Å². The summed E-state index contributed by atoms with van der Waals surface area (Å²) in [6.45, 7) is 0.571. The summed E-state index contributed by atoms with van der Waals surface area (Å²) >= 11 is 10.5. The van der Waals surface area contributed by atoms with E-state index >= 15 is 0 Å². The Morgan fingerprint density at radius 3 is 2.93 bits per heavy atom. The molecule has 0 aliphatic rings. The van der Waals surface area contributed by atoms with Gasteiger partial charge in [0.15, 0.2) is 4.34 Å². The normalized spacial score (nSPS) is 12.9. The second kappa shape index (κ2) is 5.27. The molecule has 2 heterocycles. The summed E-state index contributed by atoms with van der Waals surface area (Å²) in [5.74, 6) is 0. The van der Waals surface area contributed by atoms with E-state index in [1.165, 1.54) is 16.4 Å². The van der Waals surface area contributed by atoms with Gasteiger partial charge in [0.1, 0.15) is 6.33 Å². The van der Waals surface area contributed by atoms with E-state index in [0.717, 1.165) is 8.68 Å². The molecule has 0 saturated heterocycles.